The number of imide groups is 1. The van der Waals surface area contributed by atoms with E-state index >= 15 is 0 Å². The molecule has 0 spiro atoms. The topological polar surface area (TPSA) is 80.8 Å². The molecule has 0 saturated carbocycles. The maximum absolute atomic E-state index is 13.8. The zero-order chi connectivity index (χ0) is 29.8. The minimum Gasteiger partial charge on any atom is -0.457 e. The number of ketones is 1. The molecule has 1 saturated heterocycles. The lowest BCUT2D eigenvalue weighted by Gasteiger charge is -2.54. The number of rotatable bonds is 9. The van der Waals surface area contributed by atoms with E-state index in [-0.39, 0.29) is 35.4 Å². The second-order valence-corrected chi connectivity index (χ2v) is 12.9. The largest absolute Gasteiger partial charge is 0.457 e. The lowest BCUT2D eigenvalue weighted by molar-refractivity contribution is -0.143. The number of hydrogen-bond donors (Lipinski definition) is 0. The number of carbonyl (C=O) groups is 4. The maximum atomic E-state index is 13.8. The van der Waals surface area contributed by atoms with Crippen LogP contribution < -0.4 is 0 Å². The van der Waals surface area contributed by atoms with Gasteiger partial charge >= 0.3 is 5.97 Å². The molecule has 0 N–H and O–H groups in total. The maximum Gasteiger partial charge on any atom is 0.306 e. The normalized spacial score (nSPS) is 25.2. The van der Waals surface area contributed by atoms with Crippen LogP contribution in [-0.2, 0) is 28.9 Å². The van der Waals surface area contributed by atoms with E-state index in [0.29, 0.717) is 24.3 Å². The predicted molar refractivity (Wildman–Crippen MR) is 160 cm³/mol. The van der Waals surface area contributed by atoms with E-state index in [1.54, 1.807) is 0 Å². The first-order valence-electron chi connectivity index (χ1n) is 13.7. The zero-order valence-corrected chi connectivity index (χ0v) is 25.3. The number of nitrogens with zero attached hydrogens (tertiary/aromatic N) is 1. The number of benzene rings is 3. The van der Waals surface area contributed by atoms with Gasteiger partial charge in [0, 0.05) is 23.6 Å². The summed E-state index contributed by atoms with van der Waals surface area (Å²) in [4.78, 5) is 51.1. The van der Waals surface area contributed by atoms with Crippen LogP contribution in [0.1, 0.15) is 58.3 Å². The van der Waals surface area contributed by atoms with E-state index in [9.17, 15) is 19.2 Å². The number of carbonyl (C=O) groups excluding carboxylic acids is 4. The molecule has 0 aromatic heterocycles. The number of hydrogen-bond acceptors (Lipinski definition) is 5. The summed E-state index contributed by atoms with van der Waals surface area (Å²) in [5.74, 6) is -3.25. The third-order valence-corrected chi connectivity index (χ3v) is 10.4. The summed E-state index contributed by atoms with van der Waals surface area (Å²) < 4.78 is 5.11. The molecule has 7 rings (SSSR count). The van der Waals surface area contributed by atoms with Crippen LogP contribution in [0, 0.1) is 11.8 Å². The van der Waals surface area contributed by atoms with Crippen molar-refractivity contribution in [3.05, 3.63) is 105 Å². The van der Waals surface area contributed by atoms with Crippen LogP contribution in [0.4, 0.5) is 0 Å². The summed E-state index contributed by atoms with van der Waals surface area (Å²) in [6, 6.07) is 19.5. The molecule has 1 aliphatic heterocycles. The van der Waals surface area contributed by atoms with E-state index in [0.717, 1.165) is 22.3 Å². The van der Waals surface area contributed by atoms with E-state index in [4.69, 9.17) is 51.1 Å². The fourth-order valence-electron chi connectivity index (χ4n) is 6.67. The molecule has 3 aliphatic carbocycles. The quantitative estimate of drug-likeness (QED) is 0.0835. The average Bonchev–Trinajstić information content (AvgIpc) is 3.24. The third kappa shape index (κ3) is 4.38. The van der Waals surface area contributed by atoms with Gasteiger partial charge in [0.05, 0.1) is 16.9 Å². The van der Waals surface area contributed by atoms with E-state index in [2.05, 4.69) is 0 Å². The Morgan fingerprint density at radius 2 is 1.29 bits per heavy atom. The van der Waals surface area contributed by atoms with Crippen LogP contribution in [0.5, 0.6) is 0 Å². The number of esters is 1. The second kappa shape index (κ2) is 11.0. The number of halogens is 4. The van der Waals surface area contributed by atoms with E-state index in [1.165, 1.54) is 23.1 Å². The molecule has 0 radical (unpaired) electrons. The van der Waals surface area contributed by atoms with Gasteiger partial charge in [-0.25, -0.2) is 0 Å². The predicted octanol–water partition coefficient (Wildman–Crippen LogP) is 6.87. The minimum absolute atomic E-state index is 0.0922. The highest BCUT2D eigenvalue weighted by Gasteiger charge is 2.72. The number of unbranched alkanes of at least 4 members (excludes halogenated alkanes) is 2. The standard InChI is InChI=1S/C32H25Cl4NO5/c33-18-13-14-19(24(34)16-18)25(38)17-42-26(39)12-2-1-7-15-37-29(40)27-28(30(37)41)32(36)21-9-4-3-8-20(21)31(27,35)22-10-5-6-11-23(22)32/h3-6,8-11,13-14,16,27-28H,1-2,7,12,15,17H2/t27-,28+,31?,32?. The lowest BCUT2D eigenvalue weighted by atomic mass is 9.54. The minimum atomic E-state index is -1.20. The van der Waals surface area contributed by atoms with Crippen molar-refractivity contribution >= 4 is 70.0 Å². The Hall–Kier alpha value is -2.90. The number of likely N-dealkylation sites (tertiary alicyclic amines) is 1. The smallest absolute Gasteiger partial charge is 0.306 e. The second-order valence-electron chi connectivity index (χ2n) is 10.8. The van der Waals surface area contributed by atoms with Gasteiger partial charge in [0.25, 0.3) is 0 Å². The molecule has 2 bridgehead atoms. The Morgan fingerprint density at radius 1 is 0.762 bits per heavy atom. The summed E-state index contributed by atoms with van der Waals surface area (Å²) in [5, 5.41) is 0.590. The van der Waals surface area contributed by atoms with Crippen LogP contribution in [0.25, 0.3) is 0 Å². The summed E-state index contributed by atoms with van der Waals surface area (Å²) in [5.41, 5.74) is 3.28. The molecule has 10 heteroatoms. The van der Waals surface area contributed by atoms with Crippen molar-refractivity contribution in [3.63, 3.8) is 0 Å². The summed E-state index contributed by atoms with van der Waals surface area (Å²) >= 11 is 26.7. The molecule has 0 unspecified atom stereocenters. The highest BCUT2D eigenvalue weighted by molar-refractivity contribution is 6.37. The zero-order valence-electron chi connectivity index (χ0n) is 22.2. The van der Waals surface area contributed by atoms with Gasteiger partial charge in [-0.3, -0.25) is 24.1 Å². The Kier molecular flexibility index (Phi) is 7.63. The number of ether oxygens (including phenoxy) is 1. The monoisotopic (exact) mass is 643 g/mol. The van der Waals surface area contributed by atoms with Crippen molar-refractivity contribution < 1.29 is 23.9 Å². The van der Waals surface area contributed by atoms with Gasteiger partial charge in [0.1, 0.15) is 9.75 Å². The van der Waals surface area contributed by atoms with Gasteiger partial charge in [-0.2, -0.15) is 0 Å². The molecular weight excluding hydrogens is 620 g/mol. The number of Topliss-reactive ketones (excluding diaryl/α,β-unsaturated/α-hetero) is 1. The molecule has 216 valence electrons. The molecule has 42 heavy (non-hydrogen) atoms. The van der Waals surface area contributed by atoms with Crippen LogP contribution in [-0.4, -0.2) is 41.6 Å². The summed E-state index contributed by atoms with van der Waals surface area (Å²) in [7, 11) is 0. The Bertz CT molecular complexity index is 1520. The van der Waals surface area contributed by atoms with Crippen molar-refractivity contribution in [2.24, 2.45) is 11.8 Å². The molecule has 1 fully saturated rings. The highest BCUT2D eigenvalue weighted by Crippen LogP contribution is 2.69. The SMILES string of the molecule is O=C(CCCCCN1C(=O)[C@@H]2[C@H](C1=O)C1(Cl)c3ccccc3C2(Cl)c2ccccc21)OCC(=O)c1ccc(Cl)cc1Cl. The third-order valence-electron chi connectivity index (χ3n) is 8.54. The van der Waals surface area contributed by atoms with Gasteiger partial charge < -0.3 is 4.74 Å². The molecule has 3 aromatic carbocycles. The van der Waals surface area contributed by atoms with Gasteiger partial charge in [0.2, 0.25) is 17.6 Å². The first kappa shape index (κ1) is 29.2. The van der Waals surface area contributed by atoms with E-state index in [1.807, 2.05) is 48.5 Å². The average molecular weight is 645 g/mol. The molecule has 1 heterocycles. The van der Waals surface area contributed by atoms with Crippen LogP contribution in [0.3, 0.4) is 0 Å². The van der Waals surface area contributed by atoms with Crippen molar-refractivity contribution in [3.8, 4) is 0 Å². The van der Waals surface area contributed by atoms with Crippen LogP contribution in [0.15, 0.2) is 66.7 Å². The number of alkyl halides is 2. The Balaban J connectivity index is 1.08. The molecular formula is C32H25Cl4NO5. The molecule has 2 amide bonds. The van der Waals surface area contributed by atoms with Crippen LogP contribution >= 0.6 is 46.4 Å². The highest BCUT2D eigenvalue weighted by atomic mass is 35.5. The fourth-order valence-corrected chi connectivity index (χ4v) is 8.28. The van der Waals surface area contributed by atoms with Crippen molar-refractivity contribution in [1.29, 1.82) is 0 Å². The van der Waals surface area contributed by atoms with Gasteiger partial charge in [-0.15, -0.1) is 23.2 Å². The fraction of sp³-hybridized carbons (Fsp3) is 0.312. The van der Waals surface area contributed by atoms with Crippen molar-refractivity contribution in [1.82, 2.24) is 4.90 Å². The molecule has 3 aromatic rings. The molecule has 2 atom stereocenters. The summed E-state index contributed by atoms with van der Waals surface area (Å²) in [6.07, 6.45) is 1.62. The Labute approximate surface area is 262 Å². The van der Waals surface area contributed by atoms with Crippen LogP contribution in [0.2, 0.25) is 10.0 Å². The first-order chi connectivity index (χ1) is 20.1. The summed E-state index contributed by atoms with van der Waals surface area (Å²) in [6.45, 7) is -0.231. The molecule has 4 aliphatic rings. The van der Waals surface area contributed by atoms with Gasteiger partial charge in [0.15, 0.2) is 6.61 Å². The first-order valence-corrected chi connectivity index (χ1v) is 15.2. The lowest BCUT2D eigenvalue weighted by Crippen LogP contribution is -2.57. The van der Waals surface area contributed by atoms with Gasteiger partial charge in [-0.05, 0) is 53.3 Å². The van der Waals surface area contributed by atoms with Crippen molar-refractivity contribution in [2.75, 3.05) is 13.2 Å². The molecule has 6 nitrogen and oxygen atoms in total. The van der Waals surface area contributed by atoms with Crippen molar-refractivity contribution in [2.45, 2.75) is 35.4 Å². The number of amides is 2. The van der Waals surface area contributed by atoms with Gasteiger partial charge in [-0.1, -0.05) is 78.2 Å². The Morgan fingerprint density at radius 3 is 1.79 bits per heavy atom. The van der Waals surface area contributed by atoms with E-state index < -0.39 is 39.9 Å².